The molecule has 2 N–H and O–H groups in total. The van der Waals surface area contributed by atoms with Gasteiger partial charge in [0.25, 0.3) is 0 Å². The summed E-state index contributed by atoms with van der Waals surface area (Å²) in [6, 6.07) is 17.1. The number of carbonyl (C=O) groups is 2. The molecule has 222 valence electrons. The van der Waals surface area contributed by atoms with Crippen molar-refractivity contribution in [3.63, 3.8) is 0 Å². The van der Waals surface area contributed by atoms with Crippen LogP contribution in [0.1, 0.15) is 61.3 Å². The molecule has 2 fully saturated rings. The summed E-state index contributed by atoms with van der Waals surface area (Å²) in [7, 11) is -3.76. The molecule has 1 aliphatic heterocycles. The number of likely N-dealkylation sites (tertiary alicyclic amines) is 1. The maximum atomic E-state index is 14.5. The lowest BCUT2D eigenvalue weighted by molar-refractivity contribution is -0.161. The van der Waals surface area contributed by atoms with Gasteiger partial charge in [0, 0.05) is 40.9 Å². The Labute approximate surface area is 256 Å². The van der Waals surface area contributed by atoms with Gasteiger partial charge in [-0.1, -0.05) is 60.5 Å². The molecule has 42 heavy (non-hydrogen) atoms. The predicted molar refractivity (Wildman–Crippen MR) is 162 cm³/mol. The molecular formula is C31H33Cl2N3O5S. The van der Waals surface area contributed by atoms with Gasteiger partial charge < -0.3 is 10.0 Å². The van der Waals surface area contributed by atoms with Crippen LogP contribution in [-0.2, 0) is 25.4 Å². The van der Waals surface area contributed by atoms with Crippen molar-refractivity contribution in [1.29, 1.82) is 0 Å². The van der Waals surface area contributed by atoms with Crippen LogP contribution >= 0.6 is 23.2 Å². The van der Waals surface area contributed by atoms with E-state index in [1.807, 2.05) is 30.3 Å². The Balaban J connectivity index is 1.58. The van der Waals surface area contributed by atoms with Crippen LogP contribution in [0.3, 0.4) is 0 Å². The SMILES string of the molecule is C[C@]1(CC(=O)O)CC(c2cccc(Cl)c2)C(c2ccc(Cl)cc2)N(C(CNS(=O)(=O)Cc2cccnc2)C2CC2)C1=O. The molecule has 5 rings (SSSR count). The number of carboxylic acids is 1. The largest absolute Gasteiger partial charge is 0.481 e. The first-order chi connectivity index (χ1) is 20.0. The lowest BCUT2D eigenvalue weighted by atomic mass is 9.67. The van der Waals surface area contributed by atoms with Crippen LogP contribution in [0.25, 0.3) is 0 Å². The minimum absolute atomic E-state index is 0.00844. The number of pyridine rings is 1. The molecule has 0 radical (unpaired) electrons. The van der Waals surface area contributed by atoms with E-state index < -0.39 is 33.5 Å². The number of carboxylic acid groups (broad SMARTS) is 1. The third-order valence-corrected chi connectivity index (χ3v) is 10.1. The third kappa shape index (κ3) is 6.97. The predicted octanol–water partition coefficient (Wildman–Crippen LogP) is 5.82. The standard InChI is InChI=1S/C31H33Cl2N3O5S/c1-31(16-28(37)38)15-26(23-5-2-6-25(33)14-23)29(22-9-11-24(32)12-10-22)36(30(31)39)27(21-7-8-21)18-35-42(40,41)19-20-4-3-13-34-17-20/h2-6,9-14,17,21,26-27,29,35H,7-8,15-16,18-19H2,1H3,(H,37,38)/t26?,27?,29?,31-/m1/s1. The highest BCUT2D eigenvalue weighted by atomic mass is 35.5. The number of rotatable bonds is 11. The van der Waals surface area contributed by atoms with Crippen molar-refractivity contribution in [2.75, 3.05) is 6.54 Å². The first kappa shape index (κ1) is 30.5. The van der Waals surface area contributed by atoms with Crippen LogP contribution in [0.5, 0.6) is 0 Å². The minimum atomic E-state index is -3.76. The van der Waals surface area contributed by atoms with Gasteiger partial charge in [0.2, 0.25) is 15.9 Å². The summed E-state index contributed by atoms with van der Waals surface area (Å²) >= 11 is 12.7. The highest BCUT2D eigenvalue weighted by Crippen LogP contribution is 2.54. The van der Waals surface area contributed by atoms with Crippen LogP contribution in [0, 0.1) is 11.3 Å². The highest BCUT2D eigenvalue weighted by molar-refractivity contribution is 7.88. The van der Waals surface area contributed by atoms with Crippen molar-refractivity contribution in [1.82, 2.24) is 14.6 Å². The Morgan fingerprint density at radius 2 is 1.83 bits per heavy atom. The molecule has 0 bridgehead atoms. The van der Waals surface area contributed by atoms with Crippen LogP contribution in [-0.4, -0.2) is 47.9 Å². The van der Waals surface area contributed by atoms with Crippen LogP contribution in [0.2, 0.25) is 10.0 Å². The van der Waals surface area contributed by atoms with Crippen molar-refractivity contribution < 1.29 is 23.1 Å². The Bertz CT molecular complexity index is 1550. The zero-order chi connectivity index (χ0) is 30.1. The summed E-state index contributed by atoms with van der Waals surface area (Å²) in [5, 5.41) is 10.9. The van der Waals surface area contributed by atoms with E-state index in [2.05, 4.69) is 9.71 Å². The normalized spacial score (nSPS) is 23.5. The molecule has 1 aliphatic carbocycles. The monoisotopic (exact) mass is 629 g/mol. The van der Waals surface area contributed by atoms with E-state index in [1.165, 1.54) is 6.20 Å². The molecule has 8 nitrogen and oxygen atoms in total. The lowest BCUT2D eigenvalue weighted by Crippen LogP contribution is -2.59. The number of sulfonamides is 1. The number of aromatic nitrogens is 1. The second-order valence-corrected chi connectivity index (χ2v) is 14.3. The van der Waals surface area contributed by atoms with Crippen LogP contribution < -0.4 is 4.72 Å². The fourth-order valence-corrected chi connectivity index (χ4v) is 7.65. The molecule has 1 saturated heterocycles. The lowest BCUT2D eigenvalue weighted by Gasteiger charge is -2.52. The summed E-state index contributed by atoms with van der Waals surface area (Å²) in [4.78, 5) is 32.3. The third-order valence-electron chi connectivity index (χ3n) is 8.25. The molecule has 3 unspecified atom stereocenters. The van der Waals surface area contributed by atoms with Crippen molar-refractivity contribution in [2.24, 2.45) is 11.3 Å². The summed E-state index contributed by atoms with van der Waals surface area (Å²) in [6.07, 6.45) is 4.70. The van der Waals surface area contributed by atoms with Crippen molar-refractivity contribution in [3.05, 3.63) is 99.8 Å². The Kier molecular flexibility index (Phi) is 8.94. The molecule has 2 heterocycles. The zero-order valence-electron chi connectivity index (χ0n) is 23.1. The average molecular weight is 631 g/mol. The maximum Gasteiger partial charge on any atom is 0.304 e. The molecule has 2 aliphatic rings. The average Bonchev–Trinajstić information content (AvgIpc) is 3.77. The minimum Gasteiger partial charge on any atom is -0.481 e. The number of benzene rings is 2. The van der Waals surface area contributed by atoms with E-state index in [4.69, 9.17) is 23.2 Å². The molecule has 2 aromatic carbocycles. The van der Waals surface area contributed by atoms with Gasteiger partial charge in [-0.05, 0) is 72.2 Å². The summed E-state index contributed by atoms with van der Waals surface area (Å²) in [6.45, 7) is 1.71. The van der Waals surface area contributed by atoms with E-state index >= 15 is 0 Å². The first-order valence-electron chi connectivity index (χ1n) is 13.9. The number of carbonyl (C=O) groups excluding carboxylic acids is 1. The topological polar surface area (TPSA) is 117 Å². The van der Waals surface area contributed by atoms with Crippen molar-refractivity contribution in [2.45, 2.75) is 56.4 Å². The van der Waals surface area contributed by atoms with Gasteiger partial charge >= 0.3 is 5.97 Å². The molecule has 4 atom stereocenters. The van der Waals surface area contributed by atoms with Gasteiger partial charge in [-0.25, -0.2) is 13.1 Å². The maximum absolute atomic E-state index is 14.5. The van der Waals surface area contributed by atoms with Gasteiger partial charge in [-0.2, -0.15) is 0 Å². The van der Waals surface area contributed by atoms with Gasteiger partial charge in [0.05, 0.1) is 23.6 Å². The molecular weight excluding hydrogens is 597 g/mol. The van der Waals surface area contributed by atoms with E-state index in [0.717, 1.165) is 24.0 Å². The summed E-state index contributed by atoms with van der Waals surface area (Å²) in [5.41, 5.74) is 1.04. The molecule has 11 heteroatoms. The number of hydrogen-bond acceptors (Lipinski definition) is 5. The number of amides is 1. The number of halogens is 2. The van der Waals surface area contributed by atoms with E-state index in [1.54, 1.807) is 48.4 Å². The van der Waals surface area contributed by atoms with Gasteiger partial charge in [-0.15, -0.1) is 0 Å². The number of nitrogens with zero attached hydrogens (tertiary/aromatic N) is 2. The Hall–Kier alpha value is -2.98. The fourth-order valence-electron chi connectivity index (χ4n) is 6.18. The van der Waals surface area contributed by atoms with Crippen molar-refractivity contribution >= 4 is 45.1 Å². The smallest absolute Gasteiger partial charge is 0.304 e. The van der Waals surface area contributed by atoms with Crippen molar-refractivity contribution in [3.8, 4) is 0 Å². The van der Waals surface area contributed by atoms with Gasteiger partial charge in [0.15, 0.2) is 0 Å². The number of nitrogens with one attached hydrogen (secondary N) is 1. The van der Waals surface area contributed by atoms with Gasteiger partial charge in [-0.3, -0.25) is 14.6 Å². The second kappa shape index (κ2) is 12.3. The van der Waals surface area contributed by atoms with E-state index in [-0.39, 0.29) is 42.9 Å². The van der Waals surface area contributed by atoms with Crippen LogP contribution in [0.4, 0.5) is 0 Å². The number of aliphatic carboxylic acids is 1. The number of piperidine rings is 1. The summed E-state index contributed by atoms with van der Waals surface area (Å²) in [5.74, 6) is -1.85. The Morgan fingerprint density at radius 3 is 2.45 bits per heavy atom. The second-order valence-electron chi connectivity index (χ2n) is 11.6. The molecule has 3 aromatic rings. The first-order valence-corrected chi connectivity index (χ1v) is 16.3. The zero-order valence-corrected chi connectivity index (χ0v) is 25.4. The van der Waals surface area contributed by atoms with E-state index in [9.17, 15) is 23.1 Å². The highest BCUT2D eigenvalue weighted by Gasteiger charge is 2.54. The van der Waals surface area contributed by atoms with E-state index in [0.29, 0.717) is 15.6 Å². The quantitative estimate of drug-likeness (QED) is 0.276. The van der Waals surface area contributed by atoms with Gasteiger partial charge in [0.1, 0.15) is 0 Å². The molecule has 1 saturated carbocycles. The molecule has 0 spiro atoms. The number of hydrogen-bond donors (Lipinski definition) is 2. The fraction of sp³-hybridized carbons (Fsp3) is 0.387. The van der Waals surface area contributed by atoms with Crippen LogP contribution in [0.15, 0.2) is 73.1 Å². The molecule has 1 amide bonds. The molecule has 1 aromatic heterocycles. The Morgan fingerprint density at radius 1 is 1.10 bits per heavy atom. The summed E-state index contributed by atoms with van der Waals surface area (Å²) < 4.78 is 29.0.